The van der Waals surface area contributed by atoms with E-state index in [4.69, 9.17) is 17.3 Å². The highest BCUT2D eigenvalue weighted by molar-refractivity contribution is 6.32. The first-order chi connectivity index (χ1) is 5.25. The quantitative estimate of drug-likeness (QED) is 0.734. The third-order valence-electron chi connectivity index (χ3n) is 1.89. The van der Waals surface area contributed by atoms with E-state index in [0.717, 1.165) is 12.5 Å². The molecule has 0 aliphatic heterocycles. The van der Waals surface area contributed by atoms with E-state index >= 15 is 0 Å². The van der Waals surface area contributed by atoms with E-state index in [0.29, 0.717) is 10.8 Å². The number of halogens is 1. The zero-order valence-electron chi connectivity index (χ0n) is 6.13. The molecule has 1 aliphatic carbocycles. The topological polar surface area (TPSA) is 43.8 Å². The third kappa shape index (κ3) is 1.48. The maximum absolute atomic E-state index is 5.72. The number of nitrogens with zero attached hydrogens (tertiary/aromatic N) is 2. The average molecular weight is 172 g/mol. The van der Waals surface area contributed by atoms with Crippen molar-refractivity contribution < 1.29 is 0 Å². The Morgan fingerprint density at radius 2 is 2.45 bits per heavy atom. The summed E-state index contributed by atoms with van der Waals surface area (Å²) in [4.78, 5) is 0. The van der Waals surface area contributed by atoms with Crippen LogP contribution in [0.1, 0.15) is 12.8 Å². The monoisotopic (exact) mass is 171 g/mol. The predicted octanol–water partition coefficient (Wildman–Crippen LogP) is 1.53. The van der Waals surface area contributed by atoms with Crippen LogP contribution in [-0.2, 0) is 6.54 Å². The number of rotatable bonds is 2. The van der Waals surface area contributed by atoms with Crippen LogP contribution in [0.15, 0.2) is 6.20 Å². The molecule has 0 spiro atoms. The van der Waals surface area contributed by atoms with Gasteiger partial charge in [0.1, 0.15) is 5.02 Å². The predicted molar refractivity (Wildman–Crippen MR) is 44.4 cm³/mol. The maximum atomic E-state index is 5.72. The van der Waals surface area contributed by atoms with Gasteiger partial charge in [-0.15, -0.1) is 0 Å². The molecule has 1 aromatic heterocycles. The van der Waals surface area contributed by atoms with Gasteiger partial charge in [0.05, 0.1) is 0 Å². The lowest BCUT2D eigenvalue weighted by molar-refractivity contribution is 0.565. The highest BCUT2D eigenvalue weighted by Crippen LogP contribution is 2.31. The van der Waals surface area contributed by atoms with Gasteiger partial charge in [0.25, 0.3) is 0 Å². The number of nitrogens with two attached hydrogens (primary N) is 1. The zero-order chi connectivity index (χ0) is 7.84. The van der Waals surface area contributed by atoms with Gasteiger partial charge in [0.15, 0.2) is 5.82 Å². The molecule has 0 radical (unpaired) electrons. The van der Waals surface area contributed by atoms with Crippen molar-refractivity contribution in [2.45, 2.75) is 19.4 Å². The molecular formula is C7H10ClN3. The molecule has 1 heterocycles. The van der Waals surface area contributed by atoms with E-state index in [-0.39, 0.29) is 0 Å². The summed E-state index contributed by atoms with van der Waals surface area (Å²) in [6.45, 7) is 0.969. The second kappa shape index (κ2) is 2.41. The fourth-order valence-corrected chi connectivity index (χ4v) is 1.22. The first-order valence-electron chi connectivity index (χ1n) is 3.74. The average Bonchev–Trinajstić information content (AvgIpc) is 2.65. The van der Waals surface area contributed by atoms with E-state index in [1.54, 1.807) is 6.20 Å². The Morgan fingerprint density at radius 1 is 1.73 bits per heavy atom. The molecule has 1 saturated carbocycles. The molecule has 1 aromatic rings. The fraction of sp³-hybridized carbons (Fsp3) is 0.571. The van der Waals surface area contributed by atoms with Gasteiger partial charge in [0.2, 0.25) is 0 Å². The zero-order valence-corrected chi connectivity index (χ0v) is 6.88. The summed E-state index contributed by atoms with van der Waals surface area (Å²) in [6, 6.07) is 0. The van der Waals surface area contributed by atoms with Crippen molar-refractivity contribution in [3.05, 3.63) is 11.2 Å². The Balaban J connectivity index is 2.11. The second-order valence-electron chi connectivity index (χ2n) is 3.03. The Morgan fingerprint density at radius 3 is 2.91 bits per heavy atom. The number of anilines is 1. The first kappa shape index (κ1) is 6.98. The van der Waals surface area contributed by atoms with Crippen LogP contribution in [0, 0.1) is 5.92 Å². The highest BCUT2D eigenvalue weighted by Gasteiger charge is 2.22. The van der Waals surface area contributed by atoms with Crippen LogP contribution in [-0.4, -0.2) is 9.78 Å². The van der Waals surface area contributed by atoms with Crippen molar-refractivity contribution in [3.8, 4) is 0 Å². The lowest BCUT2D eigenvalue weighted by Crippen LogP contribution is -2.00. The Kier molecular flexibility index (Phi) is 1.53. The number of nitrogen functional groups attached to an aromatic ring is 1. The fourth-order valence-electron chi connectivity index (χ4n) is 1.07. The normalized spacial score (nSPS) is 17.2. The minimum Gasteiger partial charge on any atom is -0.381 e. The molecular weight excluding hydrogens is 162 g/mol. The van der Waals surface area contributed by atoms with Crippen LogP contribution in [0.3, 0.4) is 0 Å². The highest BCUT2D eigenvalue weighted by atomic mass is 35.5. The Labute approximate surface area is 70.1 Å². The molecule has 0 aromatic carbocycles. The van der Waals surface area contributed by atoms with E-state index in [9.17, 15) is 0 Å². The van der Waals surface area contributed by atoms with Crippen LogP contribution in [0.5, 0.6) is 0 Å². The van der Waals surface area contributed by atoms with Gasteiger partial charge < -0.3 is 5.73 Å². The van der Waals surface area contributed by atoms with Crippen molar-refractivity contribution >= 4 is 17.4 Å². The minimum atomic E-state index is 0.437. The molecule has 0 atom stereocenters. The summed E-state index contributed by atoms with van der Waals surface area (Å²) in [5.41, 5.74) is 5.47. The minimum absolute atomic E-state index is 0.437. The van der Waals surface area contributed by atoms with E-state index in [1.165, 1.54) is 12.8 Å². The number of hydrogen-bond donors (Lipinski definition) is 1. The van der Waals surface area contributed by atoms with Crippen LogP contribution in [0.2, 0.25) is 5.02 Å². The largest absolute Gasteiger partial charge is 0.381 e. The summed E-state index contributed by atoms with van der Waals surface area (Å²) >= 11 is 5.72. The Bertz CT molecular complexity index is 245. The van der Waals surface area contributed by atoms with Crippen LogP contribution >= 0.6 is 11.6 Å². The van der Waals surface area contributed by atoms with Gasteiger partial charge in [-0.3, -0.25) is 4.68 Å². The molecule has 0 amide bonds. The standard InChI is InChI=1S/C7H10ClN3/c8-6-4-11(10-7(6)9)3-5-1-2-5/h4-5H,1-3H2,(H2,9,10). The summed E-state index contributed by atoms with van der Waals surface area (Å²) in [7, 11) is 0. The summed E-state index contributed by atoms with van der Waals surface area (Å²) in [5, 5.41) is 4.61. The third-order valence-corrected chi connectivity index (χ3v) is 2.18. The molecule has 11 heavy (non-hydrogen) atoms. The van der Waals surface area contributed by atoms with Gasteiger partial charge in [-0.25, -0.2) is 0 Å². The number of aromatic nitrogens is 2. The van der Waals surface area contributed by atoms with Crippen LogP contribution in [0.25, 0.3) is 0 Å². The lowest BCUT2D eigenvalue weighted by Gasteiger charge is -1.95. The van der Waals surface area contributed by atoms with Gasteiger partial charge in [-0.1, -0.05) is 11.6 Å². The first-order valence-corrected chi connectivity index (χ1v) is 4.12. The van der Waals surface area contributed by atoms with E-state index in [1.807, 2.05) is 4.68 Å². The van der Waals surface area contributed by atoms with Gasteiger partial charge in [0, 0.05) is 12.7 Å². The molecule has 4 heteroatoms. The molecule has 0 saturated heterocycles. The number of hydrogen-bond acceptors (Lipinski definition) is 2. The summed E-state index contributed by atoms with van der Waals surface area (Å²) < 4.78 is 1.83. The van der Waals surface area contributed by atoms with Crippen LogP contribution < -0.4 is 5.73 Å². The molecule has 1 aliphatic rings. The van der Waals surface area contributed by atoms with E-state index < -0.39 is 0 Å². The Hall–Kier alpha value is -0.700. The second-order valence-corrected chi connectivity index (χ2v) is 3.43. The SMILES string of the molecule is Nc1nn(CC2CC2)cc1Cl. The van der Waals surface area contributed by atoms with Gasteiger partial charge in [-0.05, 0) is 18.8 Å². The van der Waals surface area contributed by atoms with Crippen LogP contribution in [0.4, 0.5) is 5.82 Å². The molecule has 3 nitrogen and oxygen atoms in total. The lowest BCUT2D eigenvalue weighted by atomic mass is 10.4. The van der Waals surface area contributed by atoms with E-state index in [2.05, 4.69) is 5.10 Å². The molecule has 0 unspecified atom stereocenters. The van der Waals surface area contributed by atoms with Crippen molar-refractivity contribution in [2.24, 2.45) is 5.92 Å². The van der Waals surface area contributed by atoms with Crippen molar-refractivity contribution in [1.29, 1.82) is 0 Å². The van der Waals surface area contributed by atoms with Gasteiger partial charge >= 0.3 is 0 Å². The molecule has 2 N–H and O–H groups in total. The maximum Gasteiger partial charge on any atom is 0.164 e. The van der Waals surface area contributed by atoms with Crippen molar-refractivity contribution in [3.63, 3.8) is 0 Å². The van der Waals surface area contributed by atoms with Gasteiger partial charge in [-0.2, -0.15) is 5.10 Å². The molecule has 1 fully saturated rings. The van der Waals surface area contributed by atoms with Crippen molar-refractivity contribution in [2.75, 3.05) is 5.73 Å². The molecule has 2 rings (SSSR count). The smallest absolute Gasteiger partial charge is 0.164 e. The molecule has 60 valence electrons. The summed E-state index contributed by atoms with van der Waals surface area (Å²) in [5.74, 6) is 1.25. The summed E-state index contributed by atoms with van der Waals surface area (Å²) in [6.07, 6.45) is 4.42. The van der Waals surface area contributed by atoms with Crippen molar-refractivity contribution in [1.82, 2.24) is 9.78 Å². The molecule has 0 bridgehead atoms.